The molecule has 9 N–H and O–H groups in total. The van der Waals surface area contributed by atoms with E-state index >= 15 is 0 Å². The van der Waals surface area contributed by atoms with Crippen molar-refractivity contribution in [2.45, 2.75) is 63.7 Å². The number of hydrogen-bond acceptors (Lipinski definition) is 8. The molecule has 0 radical (unpaired) electrons. The number of carbonyl (C=O) groups excluding carboxylic acids is 4. The van der Waals surface area contributed by atoms with Gasteiger partial charge in [-0.05, 0) is 48.5 Å². The van der Waals surface area contributed by atoms with Gasteiger partial charge in [-0.2, -0.15) is 11.8 Å². The highest BCUT2D eigenvalue weighted by Crippen LogP contribution is 2.13. The van der Waals surface area contributed by atoms with Crippen molar-refractivity contribution in [3.05, 3.63) is 29.8 Å². The molecule has 0 saturated carbocycles. The second kappa shape index (κ2) is 15.7. The Morgan fingerprint density at radius 1 is 0.919 bits per heavy atom. The third-order valence-corrected chi connectivity index (χ3v) is 6.17. The maximum Gasteiger partial charge on any atom is 0.326 e. The summed E-state index contributed by atoms with van der Waals surface area (Å²) in [5.41, 5.74) is 11.7. The van der Waals surface area contributed by atoms with Crippen LogP contribution >= 0.6 is 11.8 Å². The van der Waals surface area contributed by atoms with Crippen molar-refractivity contribution in [2.24, 2.45) is 17.4 Å². The largest absolute Gasteiger partial charge is 0.508 e. The summed E-state index contributed by atoms with van der Waals surface area (Å²) < 4.78 is 0. The van der Waals surface area contributed by atoms with Crippen LogP contribution < -0.4 is 27.4 Å². The molecular weight excluding hydrogens is 502 g/mol. The van der Waals surface area contributed by atoms with Gasteiger partial charge in [-0.3, -0.25) is 19.2 Å². The molecular formula is C24H37N5O7S. The molecule has 0 aliphatic rings. The maximum atomic E-state index is 13.2. The molecule has 206 valence electrons. The van der Waals surface area contributed by atoms with Crippen molar-refractivity contribution in [1.29, 1.82) is 0 Å². The Kier molecular flexibility index (Phi) is 13.5. The normalized spacial score (nSPS) is 14.2. The SMILES string of the molecule is CSCCC(N)C(=O)NC(CCC(N)=O)C(=O)NC(Cc1ccc(O)cc1)C(=O)NC(C(=O)O)C(C)C. The van der Waals surface area contributed by atoms with Crippen molar-refractivity contribution < 1.29 is 34.2 Å². The Morgan fingerprint density at radius 2 is 1.49 bits per heavy atom. The molecule has 4 atom stereocenters. The van der Waals surface area contributed by atoms with Gasteiger partial charge in [0.2, 0.25) is 23.6 Å². The van der Waals surface area contributed by atoms with E-state index in [4.69, 9.17) is 11.5 Å². The zero-order chi connectivity index (χ0) is 28.1. The van der Waals surface area contributed by atoms with Gasteiger partial charge in [0.05, 0.1) is 6.04 Å². The zero-order valence-electron chi connectivity index (χ0n) is 21.2. The Bertz CT molecular complexity index is 942. The highest BCUT2D eigenvalue weighted by atomic mass is 32.2. The summed E-state index contributed by atoms with van der Waals surface area (Å²) in [6.07, 6.45) is 1.86. The lowest BCUT2D eigenvalue weighted by Gasteiger charge is -2.26. The lowest BCUT2D eigenvalue weighted by molar-refractivity contribution is -0.143. The molecule has 12 nitrogen and oxygen atoms in total. The van der Waals surface area contributed by atoms with Crippen molar-refractivity contribution >= 4 is 41.4 Å². The number of hydrogen-bond donors (Lipinski definition) is 7. The number of carboxylic acids is 1. The van der Waals surface area contributed by atoms with Gasteiger partial charge in [0.1, 0.15) is 23.9 Å². The molecule has 0 aliphatic carbocycles. The smallest absolute Gasteiger partial charge is 0.326 e. The van der Waals surface area contributed by atoms with Crippen LogP contribution in [-0.2, 0) is 30.4 Å². The topological polar surface area (TPSA) is 214 Å². The summed E-state index contributed by atoms with van der Waals surface area (Å²) in [5.74, 6) is -3.82. The minimum absolute atomic E-state index is 0.00609. The predicted molar refractivity (Wildman–Crippen MR) is 139 cm³/mol. The van der Waals surface area contributed by atoms with Gasteiger partial charge >= 0.3 is 5.97 Å². The fraction of sp³-hybridized carbons (Fsp3) is 0.542. The van der Waals surface area contributed by atoms with Crippen LogP contribution in [0.2, 0.25) is 0 Å². The molecule has 0 aromatic heterocycles. The highest BCUT2D eigenvalue weighted by Gasteiger charge is 2.31. The van der Waals surface area contributed by atoms with Crippen molar-refractivity contribution in [3.8, 4) is 5.75 Å². The second-order valence-electron chi connectivity index (χ2n) is 8.95. The minimum Gasteiger partial charge on any atom is -0.508 e. The van der Waals surface area contributed by atoms with Crippen LogP contribution in [0.4, 0.5) is 0 Å². The third kappa shape index (κ3) is 11.5. The second-order valence-corrected chi connectivity index (χ2v) is 9.94. The van der Waals surface area contributed by atoms with E-state index in [0.717, 1.165) is 0 Å². The summed E-state index contributed by atoms with van der Waals surface area (Å²) in [7, 11) is 0. The number of aromatic hydroxyl groups is 1. The molecule has 0 spiro atoms. The van der Waals surface area contributed by atoms with Crippen LogP contribution in [0.25, 0.3) is 0 Å². The van der Waals surface area contributed by atoms with Crippen molar-refractivity contribution in [2.75, 3.05) is 12.0 Å². The molecule has 0 heterocycles. The average molecular weight is 540 g/mol. The number of phenolic OH excluding ortho intramolecular Hbond substituents is 1. The van der Waals surface area contributed by atoms with E-state index in [2.05, 4.69) is 16.0 Å². The Hall–Kier alpha value is -3.32. The molecule has 0 saturated heterocycles. The quantitative estimate of drug-likeness (QED) is 0.144. The van der Waals surface area contributed by atoms with Gasteiger partial charge in [-0.1, -0.05) is 26.0 Å². The number of carboxylic acid groups (broad SMARTS) is 1. The van der Waals surface area contributed by atoms with E-state index in [-0.39, 0.29) is 25.0 Å². The van der Waals surface area contributed by atoms with E-state index in [1.54, 1.807) is 26.0 Å². The van der Waals surface area contributed by atoms with Crippen LogP contribution in [0, 0.1) is 5.92 Å². The molecule has 4 amide bonds. The van der Waals surface area contributed by atoms with E-state index in [9.17, 15) is 34.2 Å². The number of thioether (sulfide) groups is 1. The minimum atomic E-state index is -1.23. The Morgan fingerprint density at radius 3 is 2.00 bits per heavy atom. The van der Waals surface area contributed by atoms with Crippen LogP contribution in [0.3, 0.4) is 0 Å². The lowest BCUT2D eigenvalue weighted by atomic mass is 10.0. The fourth-order valence-electron chi connectivity index (χ4n) is 3.33. The molecule has 0 bridgehead atoms. The van der Waals surface area contributed by atoms with Gasteiger partial charge in [-0.25, -0.2) is 4.79 Å². The van der Waals surface area contributed by atoms with Gasteiger partial charge in [0.25, 0.3) is 0 Å². The summed E-state index contributed by atoms with van der Waals surface area (Å²) in [4.78, 5) is 61.7. The van der Waals surface area contributed by atoms with Gasteiger partial charge < -0.3 is 37.6 Å². The molecule has 4 unspecified atom stereocenters. The molecule has 1 rings (SSSR count). The summed E-state index contributed by atoms with van der Waals surface area (Å²) in [6.45, 7) is 3.25. The van der Waals surface area contributed by atoms with Crippen LogP contribution in [0.1, 0.15) is 38.7 Å². The van der Waals surface area contributed by atoms with Crippen molar-refractivity contribution in [1.82, 2.24) is 16.0 Å². The number of primary amides is 1. The first-order valence-electron chi connectivity index (χ1n) is 11.8. The predicted octanol–water partition coefficient (Wildman–Crippen LogP) is -0.524. The summed E-state index contributed by atoms with van der Waals surface area (Å²) in [5, 5.41) is 26.5. The number of aliphatic carboxylic acids is 1. The van der Waals surface area contributed by atoms with E-state index in [1.165, 1.54) is 23.9 Å². The molecule has 1 aromatic carbocycles. The molecule has 0 fully saturated rings. The third-order valence-electron chi connectivity index (χ3n) is 5.52. The summed E-state index contributed by atoms with van der Waals surface area (Å²) in [6, 6.07) is 1.40. The monoisotopic (exact) mass is 539 g/mol. The maximum absolute atomic E-state index is 13.2. The number of nitrogens with one attached hydrogen (secondary N) is 3. The first-order chi connectivity index (χ1) is 17.3. The van der Waals surface area contributed by atoms with Gasteiger partial charge in [0, 0.05) is 12.8 Å². The Labute approximate surface area is 220 Å². The van der Waals surface area contributed by atoms with Gasteiger partial charge in [-0.15, -0.1) is 0 Å². The molecule has 13 heteroatoms. The van der Waals surface area contributed by atoms with E-state index in [1.807, 2.05) is 6.26 Å². The molecule has 0 aliphatic heterocycles. The molecule has 1 aromatic rings. The standard InChI is InChI=1S/C24H37N5O7S/c1-13(2)20(24(35)36)29-23(34)18(12-14-4-6-15(30)7-5-14)28-22(33)17(8-9-19(26)31)27-21(32)16(25)10-11-37-3/h4-7,13,16-18,20,30H,8-12,25H2,1-3H3,(H2,26,31)(H,27,32)(H,28,33)(H,29,34)(H,35,36). The van der Waals surface area contributed by atoms with Crippen molar-refractivity contribution in [3.63, 3.8) is 0 Å². The number of rotatable bonds is 16. The Balaban J connectivity index is 3.15. The highest BCUT2D eigenvalue weighted by molar-refractivity contribution is 7.98. The number of nitrogens with two attached hydrogens (primary N) is 2. The number of amides is 4. The molecule has 37 heavy (non-hydrogen) atoms. The number of carbonyl (C=O) groups is 5. The first-order valence-corrected chi connectivity index (χ1v) is 13.2. The first kappa shape index (κ1) is 31.7. The van der Waals surface area contributed by atoms with Crippen LogP contribution in [-0.4, -0.2) is 76.0 Å². The average Bonchev–Trinajstić information content (AvgIpc) is 2.83. The van der Waals surface area contributed by atoms with Gasteiger partial charge in [0.15, 0.2) is 0 Å². The number of phenols is 1. The number of benzene rings is 1. The fourth-order valence-corrected chi connectivity index (χ4v) is 3.82. The summed E-state index contributed by atoms with van der Waals surface area (Å²) >= 11 is 1.51. The zero-order valence-corrected chi connectivity index (χ0v) is 22.0. The van der Waals surface area contributed by atoms with Crippen LogP contribution in [0.15, 0.2) is 24.3 Å². The van der Waals surface area contributed by atoms with Crippen LogP contribution in [0.5, 0.6) is 5.75 Å². The lowest BCUT2D eigenvalue weighted by Crippen LogP contribution is -2.58. The van der Waals surface area contributed by atoms with E-state index in [0.29, 0.717) is 17.7 Å². The van der Waals surface area contributed by atoms with E-state index < -0.39 is 59.7 Å².